The molecule has 1 aromatic heterocycles. The van der Waals surface area contributed by atoms with Gasteiger partial charge in [-0.15, -0.1) is 0 Å². The number of amides is 2. The summed E-state index contributed by atoms with van der Waals surface area (Å²) < 4.78 is 5.33. The molecule has 0 spiro atoms. The summed E-state index contributed by atoms with van der Waals surface area (Å²) in [5.74, 6) is -0.718. The Balaban J connectivity index is 1.30. The Morgan fingerprint density at radius 2 is 1.68 bits per heavy atom. The molecular formula is C24H16N2O4S. The number of rotatable bonds is 4. The first-order valence-corrected chi connectivity index (χ1v) is 10.6. The number of carbonyl (C=O) groups is 2. The standard InChI is InChI=1S/C24H16N2O4S/c27-21(25-17-10-9-14-5-1-2-6-15(14)11-17)13-20-22(28)26-23(31-20)18-12-16-7-3-4-8-19(16)30-24(18)29/h1-12,20H,13H2,(H,25,27). The normalized spacial score (nSPS) is 15.9. The Morgan fingerprint density at radius 1 is 0.935 bits per heavy atom. The van der Waals surface area contributed by atoms with Crippen molar-refractivity contribution in [2.75, 3.05) is 5.32 Å². The first-order chi connectivity index (χ1) is 15.1. The number of para-hydroxylation sites is 1. The average molecular weight is 428 g/mol. The third-order valence-corrected chi connectivity index (χ3v) is 6.20. The summed E-state index contributed by atoms with van der Waals surface area (Å²) >= 11 is 1.12. The van der Waals surface area contributed by atoms with Crippen molar-refractivity contribution in [1.29, 1.82) is 0 Å². The van der Waals surface area contributed by atoms with Crippen LogP contribution >= 0.6 is 11.8 Å². The Bertz CT molecular complexity index is 1440. The minimum absolute atomic E-state index is 0.0394. The van der Waals surface area contributed by atoms with Crippen molar-refractivity contribution in [3.63, 3.8) is 0 Å². The Morgan fingerprint density at radius 3 is 2.52 bits per heavy atom. The first-order valence-electron chi connectivity index (χ1n) is 9.68. The number of benzene rings is 3. The summed E-state index contributed by atoms with van der Waals surface area (Å²) in [4.78, 5) is 41.3. The van der Waals surface area contributed by atoms with E-state index in [-0.39, 0.29) is 22.9 Å². The van der Waals surface area contributed by atoms with Crippen LogP contribution in [0.1, 0.15) is 12.0 Å². The highest BCUT2D eigenvalue weighted by atomic mass is 32.2. The number of hydrogen-bond donors (Lipinski definition) is 1. The summed E-state index contributed by atoms with van der Waals surface area (Å²) in [6.45, 7) is 0. The Hall–Kier alpha value is -3.71. The largest absolute Gasteiger partial charge is 0.422 e. The molecule has 4 aromatic rings. The van der Waals surface area contributed by atoms with E-state index in [0.717, 1.165) is 27.9 Å². The van der Waals surface area contributed by atoms with Gasteiger partial charge in [-0.1, -0.05) is 60.3 Å². The SMILES string of the molecule is O=C(CC1SC(c2cc3ccccc3oc2=O)=NC1=O)Nc1ccc2ccccc2c1. The molecule has 2 heterocycles. The van der Waals surface area contributed by atoms with Crippen LogP contribution in [0.25, 0.3) is 21.7 Å². The number of fused-ring (bicyclic) bond motifs is 2. The lowest BCUT2D eigenvalue weighted by molar-refractivity contribution is -0.121. The number of nitrogens with one attached hydrogen (secondary N) is 1. The summed E-state index contributed by atoms with van der Waals surface area (Å²) in [6.07, 6.45) is -0.0394. The van der Waals surface area contributed by atoms with Crippen LogP contribution in [0, 0.1) is 0 Å². The van der Waals surface area contributed by atoms with E-state index in [0.29, 0.717) is 11.3 Å². The molecule has 2 amide bonds. The van der Waals surface area contributed by atoms with E-state index >= 15 is 0 Å². The molecule has 7 heteroatoms. The van der Waals surface area contributed by atoms with Gasteiger partial charge in [-0.25, -0.2) is 9.79 Å². The summed E-state index contributed by atoms with van der Waals surface area (Å²) in [5.41, 5.74) is 0.807. The minimum atomic E-state index is -0.679. The number of anilines is 1. The molecule has 31 heavy (non-hydrogen) atoms. The van der Waals surface area contributed by atoms with Crippen molar-refractivity contribution in [2.45, 2.75) is 11.7 Å². The molecule has 6 nitrogen and oxygen atoms in total. The lowest BCUT2D eigenvalue weighted by atomic mass is 10.1. The zero-order valence-electron chi connectivity index (χ0n) is 16.2. The lowest BCUT2D eigenvalue weighted by Crippen LogP contribution is -2.21. The van der Waals surface area contributed by atoms with Crippen LogP contribution in [0.5, 0.6) is 0 Å². The maximum atomic E-state index is 12.5. The van der Waals surface area contributed by atoms with E-state index in [1.807, 2.05) is 54.6 Å². The van der Waals surface area contributed by atoms with E-state index in [1.54, 1.807) is 18.2 Å². The molecule has 1 aliphatic rings. The number of carbonyl (C=O) groups excluding carboxylic acids is 2. The van der Waals surface area contributed by atoms with Gasteiger partial charge in [0.15, 0.2) is 0 Å². The quantitative estimate of drug-likeness (QED) is 0.488. The van der Waals surface area contributed by atoms with Gasteiger partial charge in [-0.2, -0.15) is 0 Å². The van der Waals surface area contributed by atoms with Crippen molar-refractivity contribution in [3.8, 4) is 0 Å². The smallest absolute Gasteiger partial charge is 0.346 e. The molecular weight excluding hydrogens is 412 g/mol. The van der Waals surface area contributed by atoms with Crippen LogP contribution in [0.2, 0.25) is 0 Å². The van der Waals surface area contributed by atoms with Crippen molar-refractivity contribution >= 4 is 56.0 Å². The maximum Gasteiger partial charge on any atom is 0.346 e. The monoisotopic (exact) mass is 428 g/mol. The minimum Gasteiger partial charge on any atom is -0.422 e. The predicted molar refractivity (Wildman–Crippen MR) is 123 cm³/mol. The molecule has 0 saturated carbocycles. The molecule has 0 aliphatic carbocycles. The Kier molecular flexibility index (Phi) is 4.88. The van der Waals surface area contributed by atoms with E-state index in [2.05, 4.69) is 10.3 Å². The van der Waals surface area contributed by atoms with Gasteiger partial charge in [0.2, 0.25) is 5.91 Å². The lowest BCUT2D eigenvalue weighted by Gasteiger charge is -2.09. The predicted octanol–water partition coefficient (Wildman–Crippen LogP) is 4.36. The second-order valence-corrected chi connectivity index (χ2v) is 8.35. The molecule has 1 atom stereocenters. The fraction of sp³-hybridized carbons (Fsp3) is 0.0833. The van der Waals surface area contributed by atoms with Crippen LogP contribution in [0.3, 0.4) is 0 Å². The van der Waals surface area contributed by atoms with Gasteiger partial charge in [-0.3, -0.25) is 9.59 Å². The fourth-order valence-corrected chi connectivity index (χ4v) is 4.56. The van der Waals surface area contributed by atoms with Crippen LogP contribution in [0.15, 0.2) is 87.0 Å². The molecule has 0 radical (unpaired) electrons. The number of nitrogens with zero attached hydrogens (tertiary/aromatic N) is 1. The summed E-state index contributed by atoms with van der Waals surface area (Å²) in [5, 5.41) is 5.28. The fourth-order valence-electron chi connectivity index (χ4n) is 3.49. The molecule has 1 unspecified atom stereocenters. The second kappa shape index (κ2) is 7.85. The topological polar surface area (TPSA) is 88.7 Å². The van der Waals surface area contributed by atoms with E-state index in [9.17, 15) is 14.4 Å². The third-order valence-electron chi connectivity index (χ3n) is 5.02. The highest BCUT2D eigenvalue weighted by molar-refractivity contribution is 8.16. The van der Waals surface area contributed by atoms with E-state index in [1.165, 1.54) is 0 Å². The van der Waals surface area contributed by atoms with Crippen LogP contribution in [-0.4, -0.2) is 22.1 Å². The third kappa shape index (κ3) is 3.87. The molecule has 152 valence electrons. The molecule has 3 aromatic carbocycles. The second-order valence-electron chi connectivity index (χ2n) is 7.16. The molecule has 0 bridgehead atoms. The van der Waals surface area contributed by atoms with Gasteiger partial charge in [0.25, 0.3) is 5.91 Å². The zero-order chi connectivity index (χ0) is 21.4. The maximum absolute atomic E-state index is 12.5. The first kappa shape index (κ1) is 19.3. The van der Waals surface area contributed by atoms with Crippen molar-refractivity contribution in [2.24, 2.45) is 4.99 Å². The van der Waals surface area contributed by atoms with Crippen LogP contribution in [0.4, 0.5) is 5.69 Å². The molecule has 5 rings (SSSR count). The van der Waals surface area contributed by atoms with Crippen molar-refractivity contribution in [3.05, 3.63) is 88.8 Å². The van der Waals surface area contributed by atoms with Gasteiger partial charge >= 0.3 is 5.63 Å². The van der Waals surface area contributed by atoms with Crippen LogP contribution < -0.4 is 10.9 Å². The van der Waals surface area contributed by atoms with Gasteiger partial charge in [0.1, 0.15) is 15.9 Å². The van der Waals surface area contributed by atoms with Crippen molar-refractivity contribution in [1.82, 2.24) is 0 Å². The molecule has 1 N–H and O–H groups in total. The number of hydrogen-bond acceptors (Lipinski definition) is 5. The molecule has 1 aliphatic heterocycles. The van der Waals surface area contributed by atoms with E-state index in [4.69, 9.17) is 4.42 Å². The van der Waals surface area contributed by atoms with Gasteiger partial charge in [0.05, 0.1) is 5.56 Å². The van der Waals surface area contributed by atoms with Gasteiger partial charge in [0, 0.05) is 17.5 Å². The Labute approximate surface area is 181 Å². The van der Waals surface area contributed by atoms with Gasteiger partial charge < -0.3 is 9.73 Å². The average Bonchev–Trinajstić information content (AvgIpc) is 3.12. The molecule has 0 saturated heterocycles. The highest BCUT2D eigenvalue weighted by Gasteiger charge is 2.32. The summed E-state index contributed by atoms with van der Waals surface area (Å²) in [6, 6.07) is 22.3. The zero-order valence-corrected chi connectivity index (χ0v) is 17.0. The molecule has 0 fully saturated rings. The highest BCUT2D eigenvalue weighted by Crippen LogP contribution is 2.29. The number of aliphatic imine (C=N–C) groups is 1. The van der Waals surface area contributed by atoms with Gasteiger partial charge in [-0.05, 0) is 35.0 Å². The van der Waals surface area contributed by atoms with Crippen LogP contribution in [-0.2, 0) is 9.59 Å². The summed E-state index contributed by atoms with van der Waals surface area (Å²) in [7, 11) is 0. The number of thioether (sulfide) groups is 1. The van der Waals surface area contributed by atoms with E-state index < -0.39 is 16.8 Å². The van der Waals surface area contributed by atoms with Crippen molar-refractivity contribution < 1.29 is 14.0 Å².